The lowest BCUT2D eigenvalue weighted by atomic mass is 10.1. The lowest BCUT2D eigenvalue weighted by Gasteiger charge is -2.22. The van der Waals surface area contributed by atoms with Crippen molar-refractivity contribution in [3.8, 4) is 0 Å². The molecular formula is C17H15FN4OS. The predicted molar refractivity (Wildman–Crippen MR) is 91.9 cm³/mol. The van der Waals surface area contributed by atoms with Crippen LogP contribution in [0.3, 0.4) is 0 Å². The van der Waals surface area contributed by atoms with Gasteiger partial charge in [0, 0.05) is 24.1 Å². The van der Waals surface area contributed by atoms with Crippen LogP contribution in [0.25, 0.3) is 11.0 Å². The molecule has 24 heavy (non-hydrogen) atoms. The number of amides is 1. The molecular weight excluding hydrogens is 327 g/mol. The van der Waals surface area contributed by atoms with Crippen LogP contribution >= 0.6 is 11.8 Å². The second kappa shape index (κ2) is 5.90. The standard InChI is InChI=1S/C17H15FN4OS/c1-21-14-5-3-11(9-13(14)19-20-21)17(23)22-7-2-8-24-16-6-4-12(18)10-15(16)22/h3-6,9-10H,2,7-8H2,1H3. The summed E-state index contributed by atoms with van der Waals surface area (Å²) in [6.07, 6.45) is 0.861. The fraction of sp³-hybridized carbons (Fsp3) is 0.235. The molecule has 1 aromatic heterocycles. The van der Waals surface area contributed by atoms with Crippen LogP contribution in [0.15, 0.2) is 41.3 Å². The minimum atomic E-state index is -0.335. The summed E-state index contributed by atoms with van der Waals surface area (Å²) in [5, 5.41) is 8.02. The van der Waals surface area contributed by atoms with E-state index in [9.17, 15) is 9.18 Å². The number of fused-ring (bicyclic) bond motifs is 2. The number of nitrogens with zero attached hydrogens (tertiary/aromatic N) is 4. The highest BCUT2D eigenvalue weighted by Gasteiger charge is 2.23. The van der Waals surface area contributed by atoms with Crippen LogP contribution in [0.4, 0.5) is 10.1 Å². The maximum absolute atomic E-state index is 13.7. The monoisotopic (exact) mass is 342 g/mol. The first-order chi connectivity index (χ1) is 11.6. The van der Waals surface area contributed by atoms with Gasteiger partial charge in [0.05, 0.1) is 11.2 Å². The highest BCUT2D eigenvalue weighted by Crippen LogP contribution is 2.35. The number of aromatic nitrogens is 3. The second-order valence-corrected chi connectivity index (χ2v) is 6.82. The third kappa shape index (κ3) is 2.54. The molecule has 1 aliphatic rings. The third-order valence-corrected chi connectivity index (χ3v) is 5.25. The zero-order valence-electron chi connectivity index (χ0n) is 13.1. The molecule has 0 saturated heterocycles. The molecule has 1 amide bonds. The maximum atomic E-state index is 13.7. The van der Waals surface area contributed by atoms with Crippen LogP contribution in [-0.4, -0.2) is 33.2 Å². The molecule has 7 heteroatoms. The smallest absolute Gasteiger partial charge is 0.258 e. The van der Waals surface area contributed by atoms with Gasteiger partial charge in [-0.2, -0.15) is 0 Å². The van der Waals surface area contributed by atoms with E-state index in [1.54, 1.807) is 39.5 Å². The van der Waals surface area contributed by atoms with Crippen molar-refractivity contribution in [3.63, 3.8) is 0 Å². The minimum absolute atomic E-state index is 0.142. The summed E-state index contributed by atoms with van der Waals surface area (Å²) in [6, 6.07) is 9.96. The average molecular weight is 342 g/mol. The summed E-state index contributed by atoms with van der Waals surface area (Å²) < 4.78 is 15.4. The molecule has 1 aliphatic heterocycles. The first-order valence-electron chi connectivity index (χ1n) is 7.67. The summed E-state index contributed by atoms with van der Waals surface area (Å²) in [6.45, 7) is 0.570. The Labute approximate surface area is 142 Å². The highest BCUT2D eigenvalue weighted by atomic mass is 32.2. The average Bonchev–Trinajstić information content (AvgIpc) is 2.83. The Morgan fingerprint density at radius 3 is 3.00 bits per heavy atom. The van der Waals surface area contributed by atoms with E-state index in [-0.39, 0.29) is 11.7 Å². The molecule has 0 bridgehead atoms. The number of hydrogen-bond acceptors (Lipinski definition) is 4. The van der Waals surface area contributed by atoms with Gasteiger partial charge in [0.25, 0.3) is 5.91 Å². The first kappa shape index (κ1) is 15.1. The molecule has 0 unspecified atom stereocenters. The van der Waals surface area contributed by atoms with Gasteiger partial charge in [0.2, 0.25) is 0 Å². The zero-order chi connectivity index (χ0) is 16.7. The number of rotatable bonds is 1. The lowest BCUT2D eigenvalue weighted by Crippen LogP contribution is -2.31. The molecule has 0 fully saturated rings. The van der Waals surface area contributed by atoms with Gasteiger partial charge >= 0.3 is 0 Å². The first-order valence-corrected chi connectivity index (χ1v) is 8.66. The molecule has 0 atom stereocenters. The van der Waals surface area contributed by atoms with E-state index in [2.05, 4.69) is 10.3 Å². The van der Waals surface area contributed by atoms with Gasteiger partial charge in [-0.25, -0.2) is 9.07 Å². The summed E-state index contributed by atoms with van der Waals surface area (Å²) in [5.74, 6) is 0.432. The predicted octanol–water partition coefficient (Wildman–Crippen LogP) is 3.25. The van der Waals surface area contributed by atoms with E-state index < -0.39 is 0 Å². The molecule has 0 radical (unpaired) electrons. The van der Waals surface area contributed by atoms with Gasteiger partial charge in [-0.05, 0) is 48.6 Å². The third-order valence-electron chi connectivity index (χ3n) is 4.10. The van der Waals surface area contributed by atoms with E-state index in [4.69, 9.17) is 0 Å². The van der Waals surface area contributed by atoms with Crippen molar-refractivity contribution in [2.75, 3.05) is 17.2 Å². The van der Waals surface area contributed by atoms with Crippen molar-refractivity contribution >= 4 is 34.4 Å². The molecule has 0 spiro atoms. The summed E-state index contributed by atoms with van der Waals surface area (Å²) >= 11 is 1.65. The van der Waals surface area contributed by atoms with Crippen LogP contribution in [0.1, 0.15) is 16.8 Å². The van der Waals surface area contributed by atoms with Gasteiger partial charge in [0.1, 0.15) is 11.3 Å². The lowest BCUT2D eigenvalue weighted by molar-refractivity contribution is 0.0987. The van der Waals surface area contributed by atoms with E-state index in [1.165, 1.54) is 12.1 Å². The van der Waals surface area contributed by atoms with Crippen molar-refractivity contribution in [1.29, 1.82) is 0 Å². The van der Waals surface area contributed by atoms with Crippen molar-refractivity contribution < 1.29 is 9.18 Å². The van der Waals surface area contributed by atoms with Gasteiger partial charge in [-0.15, -0.1) is 16.9 Å². The maximum Gasteiger partial charge on any atom is 0.258 e. The van der Waals surface area contributed by atoms with E-state index in [0.29, 0.717) is 23.3 Å². The molecule has 3 aromatic rings. The number of halogens is 1. The topological polar surface area (TPSA) is 51.0 Å². The number of benzene rings is 2. The second-order valence-electron chi connectivity index (χ2n) is 5.69. The van der Waals surface area contributed by atoms with Gasteiger partial charge in [-0.3, -0.25) is 4.79 Å². The van der Waals surface area contributed by atoms with Crippen molar-refractivity contribution in [1.82, 2.24) is 15.0 Å². The largest absolute Gasteiger partial charge is 0.307 e. The molecule has 2 heterocycles. The number of hydrogen-bond donors (Lipinski definition) is 0. The van der Waals surface area contributed by atoms with E-state index in [1.807, 2.05) is 13.1 Å². The van der Waals surface area contributed by atoms with Crippen LogP contribution in [-0.2, 0) is 7.05 Å². The van der Waals surface area contributed by atoms with Crippen molar-refractivity contribution in [2.24, 2.45) is 7.05 Å². The number of anilines is 1. The Bertz CT molecular complexity index is 939. The Morgan fingerprint density at radius 2 is 2.12 bits per heavy atom. The number of thioether (sulfide) groups is 1. The van der Waals surface area contributed by atoms with Crippen LogP contribution in [0.2, 0.25) is 0 Å². The number of carbonyl (C=O) groups is 1. The molecule has 5 nitrogen and oxygen atoms in total. The van der Waals surface area contributed by atoms with Gasteiger partial charge in [-0.1, -0.05) is 5.21 Å². The van der Waals surface area contributed by atoms with Crippen molar-refractivity contribution in [2.45, 2.75) is 11.3 Å². The quantitative estimate of drug-likeness (QED) is 0.681. The van der Waals surface area contributed by atoms with Crippen LogP contribution in [0.5, 0.6) is 0 Å². The van der Waals surface area contributed by atoms with Gasteiger partial charge < -0.3 is 4.90 Å². The molecule has 0 N–H and O–H groups in total. The Balaban J connectivity index is 1.76. The molecule has 122 valence electrons. The Hall–Kier alpha value is -2.41. The van der Waals surface area contributed by atoms with Gasteiger partial charge in [0.15, 0.2) is 0 Å². The van der Waals surface area contributed by atoms with Crippen LogP contribution in [0, 0.1) is 5.82 Å². The van der Waals surface area contributed by atoms with E-state index >= 15 is 0 Å². The molecule has 0 saturated carbocycles. The normalized spacial score (nSPS) is 14.5. The summed E-state index contributed by atoms with van der Waals surface area (Å²) in [7, 11) is 1.81. The minimum Gasteiger partial charge on any atom is -0.307 e. The number of carbonyl (C=O) groups excluding carboxylic acids is 1. The molecule has 0 aliphatic carbocycles. The fourth-order valence-electron chi connectivity index (χ4n) is 2.89. The van der Waals surface area contributed by atoms with E-state index in [0.717, 1.165) is 22.6 Å². The molecule has 2 aromatic carbocycles. The summed E-state index contributed by atoms with van der Waals surface area (Å²) in [5.41, 5.74) is 2.71. The number of aryl methyl sites for hydroxylation is 1. The highest BCUT2D eigenvalue weighted by molar-refractivity contribution is 7.99. The Kier molecular flexibility index (Phi) is 3.72. The Morgan fingerprint density at radius 1 is 1.25 bits per heavy atom. The summed E-state index contributed by atoms with van der Waals surface area (Å²) in [4.78, 5) is 15.6. The SMILES string of the molecule is Cn1nnc2cc(C(=O)N3CCCSc4ccc(F)cc43)ccc21. The fourth-order valence-corrected chi connectivity index (χ4v) is 3.86. The zero-order valence-corrected chi connectivity index (χ0v) is 13.9. The van der Waals surface area contributed by atoms with Crippen LogP contribution < -0.4 is 4.90 Å². The van der Waals surface area contributed by atoms with Crippen molar-refractivity contribution in [3.05, 3.63) is 47.8 Å². The molecule has 4 rings (SSSR count).